The molecule has 1 atom stereocenters. The zero-order valence-electron chi connectivity index (χ0n) is 14.2. The van der Waals surface area contributed by atoms with Gasteiger partial charge >= 0.3 is 0 Å². The molecule has 1 aromatic heterocycles. The van der Waals surface area contributed by atoms with E-state index in [2.05, 4.69) is 52.1 Å². The van der Waals surface area contributed by atoms with Crippen molar-refractivity contribution in [3.63, 3.8) is 0 Å². The quantitative estimate of drug-likeness (QED) is 0.861. The molecule has 6 heteroatoms. The third-order valence-electron chi connectivity index (χ3n) is 4.50. The van der Waals surface area contributed by atoms with E-state index < -0.39 is 0 Å². The van der Waals surface area contributed by atoms with Gasteiger partial charge in [-0.25, -0.2) is 0 Å². The Kier molecular flexibility index (Phi) is 4.96. The second-order valence-corrected chi connectivity index (χ2v) is 7.19. The predicted molar refractivity (Wildman–Crippen MR) is 99.8 cm³/mol. The molecule has 3 rings (SSSR count). The van der Waals surface area contributed by atoms with E-state index in [-0.39, 0.29) is 11.7 Å². The molecule has 1 unspecified atom stereocenters. The van der Waals surface area contributed by atoms with Crippen LogP contribution in [0.25, 0.3) is 0 Å². The molecule has 1 aliphatic heterocycles. The molecule has 1 fully saturated rings. The number of anilines is 2. The molecule has 24 heavy (non-hydrogen) atoms. The number of carbonyl (C=O) groups excluding carboxylic acids is 1. The van der Waals surface area contributed by atoms with Crippen LogP contribution in [0.4, 0.5) is 11.4 Å². The number of nitrogens with one attached hydrogen (secondary N) is 1. The Morgan fingerprint density at radius 2 is 2.12 bits per heavy atom. The number of furan rings is 1. The molecule has 1 saturated heterocycles. The van der Waals surface area contributed by atoms with Gasteiger partial charge in [0.25, 0.3) is 5.91 Å². The summed E-state index contributed by atoms with van der Waals surface area (Å²) in [4.78, 5) is 16.9. The van der Waals surface area contributed by atoms with Gasteiger partial charge in [-0.05, 0) is 73.2 Å². The maximum atomic E-state index is 12.2. The van der Waals surface area contributed by atoms with Crippen molar-refractivity contribution < 1.29 is 9.21 Å². The summed E-state index contributed by atoms with van der Waals surface area (Å²) in [6, 6.07) is 9.95. The molecule has 1 aliphatic rings. The van der Waals surface area contributed by atoms with Crippen molar-refractivity contribution in [3.8, 4) is 0 Å². The van der Waals surface area contributed by atoms with Crippen LogP contribution in [0.2, 0.25) is 0 Å². The highest BCUT2D eigenvalue weighted by atomic mass is 79.9. The first-order chi connectivity index (χ1) is 11.4. The summed E-state index contributed by atoms with van der Waals surface area (Å²) in [5.41, 5.74) is 3.17. The Balaban J connectivity index is 1.76. The first-order valence-corrected chi connectivity index (χ1v) is 8.82. The van der Waals surface area contributed by atoms with Crippen molar-refractivity contribution >= 4 is 33.2 Å². The summed E-state index contributed by atoms with van der Waals surface area (Å²) in [6.07, 6.45) is 1.16. The Labute approximate surface area is 150 Å². The molecule has 128 valence electrons. The predicted octanol–water partition coefficient (Wildman–Crippen LogP) is 3.74. The number of nitrogens with zero attached hydrogens (tertiary/aromatic N) is 2. The van der Waals surface area contributed by atoms with Crippen molar-refractivity contribution in [2.75, 3.05) is 37.4 Å². The highest BCUT2D eigenvalue weighted by molar-refractivity contribution is 9.10. The molecule has 0 aliphatic carbocycles. The van der Waals surface area contributed by atoms with Gasteiger partial charge in [0, 0.05) is 30.5 Å². The summed E-state index contributed by atoms with van der Waals surface area (Å²) in [5.74, 6) is 0.0425. The van der Waals surface area contributed by atoms with Gasteiger partial charge in [-0.2, -0.15) is 0 Å². The maximum Gasteiger partial charge on any atom is 0.291 e. The molecule has 2 aromatic rings. The number of hydrogen-bond donors (Lipinski definition) is 1. The highest BCUT2D eigenvalue weighted by Gasteiger charge is 2.25. The molecule has 1 N–H and O–H groups in total. The number of aryl methyl sites for hydroxylation is 1. The van der Waals surface area contributed by atoms with Crippen LogP contribution in [0.15, 0.2) is 39.4 Å². The fourth-order valence-corrected chi connectivity index (χ4v) is 3.35. The smallest absolute Gasteiger partial charge is 0.291 e. The summed E-state index contributed by atoms with van der Waals surface area (Å²) in [5, 5.41) is 2.91. The van der Waals surface area contributed by atoms with Crippen LogP contribution in [0.3, 0.4) is 0 Å². The molecule has 0 bridgehead atoms. The second kappa shape index (κ2) is 6.99. The van der Waals surface area contributed by atoms with Crippen LogP contribution in [-0.4, -0.2) is 44.0 Å². The minimum atomic E-state index is -0.247. The molecule has 0 radical (unpaired) electrons. The van der Waals surface area contributed by atoms with Gasteiger partial charge < -0.3 is 19.5 Å². The highest BCUT2D eigenvalue weighted by Crippen LogP contribution is 2.29. The number of halogens is 1. The Morgan fingerprint density at radius 3 is 2.75 bits per heavy atom. The first kappa shape index (κ1) is 17.0. The van der Waals surface area contributed by atoms with Gasteiger partial charge in [0.2, 0.25) is 0 Å². The summed E-state index contributed by atoms with van der Waals surface area (Å²) in [6.45, 7) is 4.15. The van der Waals surface area contributed by atoms with Crippen LogP contribution in [-0.2, 0) is 0 Å². The second-order valence-electron chi connectivity index (χ2n) is 6.41. The van der Waals surface area contributed by atoms with Crippen molar-refractivity contribution in [1.82, 2.24) is 4.90 Å². The van der Waals surface area contributed by atoms with Gasteiger partial charge in [-0.15, -0.1) is 0 Å². The Morgan fingerprint density at radius 1 is 1.33 bits per heavy atom. The molecule has 2 heterocycles. The fourth-order valence-electron chi connectivity index (χ4n) is 3.04. The van der Waals surface area contributed by atoms with Gasteiger partial charge in [0.1, 0.15) is 0 Å². The summed E-state index contributed by atoms with van der Waals surface area (Å²) < 4.78 is 5.85. The zero-order chi connectivity index (χ0) is 17.3. The maximum absolute atomic E-state index is 12.2. The van der Waals surface area contributed by atoms with E-state index in [0.717, 1.165) is 25.2 Å². The number of likely N-dealkylation sites (N-methyl/N-ethyl adjacent to an activating group) is 1. The lowest BCUT2D eigenvalue weighted by molar-refractivity contribution is 0.0995. The Hall–Kier alpha value is -1.79. The van der Waals surface area contributed by atoms with Crippen LogP contribution >= 0.6 is 15.9 Å². The van der Waals surface area contributed by atoms with E-state index >= 15 is 0 Å². The van der Waals surface area contributed by atoms with Crippen LogP contribution < -0.4 is 10.2 Å². The van der Waals surface area contributed by atoms with E-state index in [1.807, 2.05) is 18.2 Å². The molecular formula is C18H22BrN3O2. The Bertz CT molecular complexity index is 742. The van der Waals surface area contributed by atoms with Crippen molar-refractivity contribution in [1.29, 1.82) is 0 Å². The topological polar surface area (TPSA) is 48.7 Å². The van der Waals surface area contributed by atoms with E-state index in [1.54, 1.807) is 12.1 Å². The number of rotatable bonds is 4. The van der Waals surface area contributed by atoms with E-state index in [1.165, 1.54) is 11.3 Å². The van der Waals surface area contributed by atoms with E-state index in [9.17, 15) is 4.79 Å². The van der Waals surface area contributed by atoms with Crippen molar-refractivity contribution in [3.05, 3.63) is 46.3 Å². The third-order valence-corrected chi connectivity index (χ3v) is 4.92. The molecular weight excluding hydrogens is 370 g/mol. The lowest BCUT2D eigenvalue weighted by Gasteiger charge is -2.24. The van der Waals surface area contributed by atoms with Gasteiger partial charge in [0.05, 0.1) is 0 Å². The normalized spacial score (nSPS) is 17.5. The summed E-state index contributed by atoms with van der Waals surface area (Å²) >= 11 is 3.21. The zero-order valence-corrected chi connectivity index (χ0v) is 15.8. The molecule has 5 nitrogen and oxygen atoms in total. The molecule has 1 amide bonds. The average molecular weight is 392 g/mol. The molecule has 0 spiro atoms. The standard InChI is InChI=1S/C18H22BrN3O2/c1-12-4-5-13(20-18(23)16-6-7-17(19)24-16)10-15(12)22-9-8-14(11-22)21(2)3/h4-7,10,14H,8-9,11H2,1-3H3,(H,20,23). The molecule has 1 aromatic carbocycles. The minimum Gasteiger partial charge on any atom is -0.444 e. The number of benzene rings is 1. The van der Waals surface area contributed by atoms with Crippen molar-refractivity contribution in [2.45, 2.75) is 19.4 Å². The van der Waals surface area contributed by atoms with E-state index in [0.29, 0.717) is 10.7 Å². The van der Waals surface area contributed by atoms with Crippen molar-refractivity contribution in [2.24, 2.45) is 0 Å². The lowest BCUT2D eigenvalue weighted by Crippen LogP contribution is -2.31. The molecule has 0 saturated carbocycles. The van der Waals surface area contributed by atoms with Gasteiger partial charge in [0.15, 0.2) is 10.4 Å². The monoisotopic (exact) mass is 391 g/mol. The number of carbonyl (C=O) groups is 1. The number of hydrogen-bond acceptors (Lipinski definition) is 4. The SMILES string of the molecule is Cc1ccc(NC(=O)c2ccc(Br)o2)cc1N1CCC(N(C)C)C1. The first-order valence-electron chi connectivity index (χ1n) is 8.03. The van der Waals surface area contributed by atoms with Gasteiger partial charge in [-0.3, -0.25) is 4.79 Å². The van der Waals surface area contributed by atoms with Gasteiger partial charge in [-0.1, -0.05) is 6.07 Å². The fraction of sp³-hybridized carbons (Fsp3) is 0.389. The van der Waals surface area contributed by atoms with E-state index in [4.69, 9.17) is 4.42 Å². The summed E-state index contributed by atoms with van der Waals surface area (Å²) in [7, 11) is 4.25. The third kappa shape index (κ3) is 3.65. The average Bonchev–Trinajstić information content (AvgIpc) is 3.18. The number of amides is 1. The largest absolute Gasteiger partial charge is 0.444 e. The van der Waals surface area contributed by atoms with Crippen LogP contribution in [0, 0.1) is 6.92 Å². The lowest BCUT2D eigenvalue weighted by atomic mass is 10.1. The van der Waals surface area contributed by atoms with Crippen LogP contribution in [0.1, 0.15) is 22.5 Å². The van der Waals surface area contributed by atoms with Crippen LogP contribution in [0.5, 0.6) is 0 Å². The minimum absolute atomic E-state index is 0.247.